The Hall–Kier alpha value is -1.24. The highest BCUT2D eigenvalue weighted by Gasteiger charge is 2.39. The largest absolute Gasteiger partial charge is 0.379 e. The Morgan fingerprint density at radius 3 is 2.62 bits per heavy atom. The van der Waals surface area contributed by atoms with Gasteiger partial charge in [0, 0.05) is 25.7 Å². The minimum absolute atomic E-state index is 0.166. The van der Waals surface area contributed by atoms with Gasteiger partial charge in [-0.1, -0.05) is 18.6 Å². The number of halogens is 1. The van der Waals surface area contributed by atoms with E-state index in [2.05, 4.69) is 15.5 Å². The molecule has 1 aliphatic heterocycles. The summed E-state index contributed by atoms with van der Waals surface area (Å²) >= 11 is 5.57. The van der Waals surface area contributed by atoms with E-state index in [9.17, 15) is 4.39 Å². The fourth-order valence-corrected chi connectivity index (χ4v) is 5.10. The fraction of sp³-hybridized carbons (Fsp3) is 0.650. The third-order valence-electron chi connectivity index (χ3n) is 6.25. The quantitative estimate of drug-likeness (QED) is 0.772. The van der Waals surface area contributed by atoms with E-state index < -0.39 is 0 Å². The average Bonchev–Trinajstić information content (AvgIpc) is 3.27. The number of rotatable bonds is 5. The molecule has 3 aliphatic rings. The van der Waals surface area contributed by atoms with Gasteiger partial charge in [-0.2, -0.15) is 0 Å². The van der Waals surface area contributed by atoms with E-state index >= 15 is 0 Å². The normalized spacial score (nSPS) is 29.5. The summed E-state index contributed by atoms with van der Waals surface area (Å²) in [4.78, 5) is 2.39. The second-order valence-electron chi connectivity index (χ2n) is 7.85. The van der Waals surface area contributed by atoms with Crippen LogP contribution in [0.2, 0.25) is 0 Å². The van der Waals surface area contributed by atoms with Crippen LogP contribution in [0.4, 0.5) is 4.39 Å². The molecule has 2 N–H and O–H groups in total. The third kappa shape index (κ3) is 4.18. The molecule has 142 valence electrons. The number of ether oxygens (including phenoxy) is 1. The van der Waals surface area contributed by atoms with Crippen LogP contribution in [-0.2, 0) is 4.74 Å². The van der Waals surface area contributed by atoms with Gasteiger partial charge in [0.05, 0.1) is 19.3 Å². The van der Waals surface area contributed by atoms with Crippen LogP contribution in [0, 0.1) is 17.7 Å². The van der Waals surface area contributed by atoms with E-state index in [1.165, 1.54) is 37.8 Å². The van der Waals surface area contributed by atoms with Crippen molar-refractivity contribution >= 4 is 17.3 Å². The molecule has 26 heavy (non-hydrogen) atoms. The number of thiocarbonyl (C=S) groups is 1. The zero-order valence-corrected chi connectivity index (χ0v) is 15.9. The van der Waals surface area contributed by atoms with Crippen molar-refractivity contribution in [2.24, 2.45) is 11.8 Å². The molecule has 0 spiro atoms. The lowest BCUT2D eigenvalue weighted by Gasteiger charge is -2.35. The smallest absolute Gasteiger partial charge is 0.166 e. The number of hydrogen-bond acceptors (Lipinski definition) is 3. The van der Waals surface area contributed by atoms with Gasteiger partial charge in [-0.15, -0.1) is 0 Å². The number of nitrogens with zero attached hydrogens (tertiary/aromatic N) is 1. The highest BCUT2D eigenvalue weighted by Crippen LogP contribution is 2.44. The van der Waals surface area contributed by atoms with Gasteiger partial charge in [0.2, 0.25) is 0 Å². The lowest BCUT2D eigenvalue weighted by atomic mass is 9.95. The van der Waals surface area contributed by atoms with Crippen molar-refractivity contribution in [1.29, 1.82) is 0 Å². The van der Waals surface area contributed by atoms with Crippen molar-refractivity contribution in [3.05, 3.63) is 35.6 Å². The van der Waals surface area contributed by atoms with Gasteiger partial charge in [-0.3, -0.25) is 4.90 Å². The molecule has 0 amide bonds. The Morgan fingerprint density at radius 2 is 1.96 bits per heavy atom. The molecule has 4 nitrogen and oxygen atoms in total. The molecule has 4 rings (SSSR count). The number of nitrogens with one attached hydrogen (secondary N) is 2. The molecule has 3 fully saturated rings. The van der Waals surface area contributed by atoms with Gasteiger partial charge in [-0.25, -0.2) is 4.39 Å². The minimum Gasteiger partial charge on any atom is -0.379 e. The van der Waals surface area contributed by atoms with Crippen LogP contribution < -0.4 is 10.6 Å². The van der Waals surface area contributed by atoms with Crippen molar-refractivity contribution in [2.75, 3.05) is 32.8 Å². The number of hydrogen-bond donors (Lipinski definition) is 2. The summed E-state index contributed by atoms with van der Waals surface area (Å²) in [7, 11) is 0. The fourth-order valence-electron chi connectivity index (χ4n) is 4.86. The molecule has 0 radical (unpaired) electrons. The van der Waals surface area contributed by atoms with Gasteiger partial charge in [0.1, 0.15) is 5.82 Å². The molecule has 0 aromatic heterocycles. The molecular weight excluding hydrogens is 349 g/mol. The van der Waals surface area contributed by atoms with E-state index in [1.807, 2.05) is 12.1 Å². The lowest BCUT2D eigenvalue weighted by Crippen LogP contribution is -2.48. The summed E-state index contributed by atoms with van der Waals surface area (Å²) in [6, 6.07) is 7.54. The Morgan fingerprint density at radius 1 is 1.19 bits per heavy atom. The van der Waals surface area contributed by atoms with E-state index in [-0.39, 0.29) is 11.9 Å². The summed E-state index contributed by atoms with van der Waals surface area (Å²) in [5.74, 6) is 1.50. The first-order chi connectivity index (χ1) is 12.7. The van der Waals surface area contributed by atoms with Gasteiger partial charge < -0.3 is 15.4 Å². The van der Waals surface area contributed by atoms with Crippen molar-refractivity contribution in [2.45, 2.75) is 37.8 Å². The Bertz CT molecular complexity index is 620. The van der Waals surface area contributed by atoms with E-state index in [0.717, 1.165) is 55.4 Å². The average molecular weight is 378 g/mol. The molecule has 4 atom stereocenters. The molecule has 6 heteroatoms. The molecule has 2 bridgehead atoms. The summed E-state index contributed by atoms with van der Waals surface area (Å²) in [6.45, 7) is 3.97. The zero-order valence-electron chi connectivity index (χ0n) is 15.1. The van der Waals surface area contributed by atoms with Gasteiger partial charge in [0.25, 0.3) is 0 Å². The molecule has 1 heterocycles. The van der Waals surface area contributed by atoms with E-state index in [1.54, 1.807) is 0 Å². The first kappa shape index (κ1) is 18.1. The van der Waals surface area contributed by atoms with Crippen LogP contribution in [0.1, 0.15) is 37.3 Å². The second kappa shape index (κ2) is 8.19. The Labute approximate surface area is 160 Å². The standard InChI is InChI=1S/C20H28FN3OS/c21-17-5-3-15(4-6-17)19(24-7-9-25-10-8-24)13-22-20(26)23-18-12-14-1-2-16(18)11-14/h3-6,14,16,18-19H,1-2,7-13H2,(H2,22,23,26)/t14-,16-,18-,19-/m1/s1. The van der Waals surface area contributed by atoms with Crippen LogP contribution in [0.15, 0.2) is 24.3 Å². The molecule has 2 aliphatic carbocycles. The van der Waals surface area contributed by atoms with Crippen molar-refractivity contribution < 1.29 is 9.13 Å². The summed E-state index contributed by atoms with van der Waals surface area (Å²) < 4.78 is 18.8. The molecular formula is C20H28FN3OS. The van der Waals surface area contributed by atoms with E-state index in [4.69, 9.17) is 17.0 Å². The highest BCUT2D eigenvalue weighted by atomic mass is 32.1. The minimum atomic E-state index is -0.198. The first-order valence-corrected chi connectivity index (χ1v) is 10.2. The maximum Gasteiger partial charge on any atom is 0.166 e. The Balaban J connectivity index is 1.36. The van der Waals surface area contributed by atoms with Crippen LogP contribution in [-0.4, -0.2) is 48.9 Å². The first-order valence-electron chi connectivity index (χ1n) is 9.80. The maximum absolute atomic E-state index is 13.3. The lowest BCUT2D eigenvalue weighted by molar-refractivity contribution is 0.0170. The number of morpholine rings is 1. The van der Waals surface area contributed by atoms with Crippen molar-refractivity contribution in [3.63, 3.8) is 0 Å². The number of benzene rings is 1. The van der Waals surface area contributed by atoms with Crippen LogP contribution in [0.25, 0.3) is 0 Å². The van der Waals surface area contributed by atoms with E-state index in [0.29, 0.717) is 6.04 Å². The number of fused-ring (bicyclic) bond motifs is 2. The molecule has 1 aromatic carbocycles. The monoisotopic (exact) mass is 377 g/mol. The summed E-state index contributed by atoms with van der Waals surface area (Å²) in [6.07, 6.45) is 5.37. The predicted octanol–water partition coefficient (Wildman–Crippen LogP) is 2.85. The van der Waals surface area contributed by atoms with Crippen molar-refractivity contribution in [3.8, 4) is 0 Å². The molecule has 1 saturated heterocycles. The van der Waals surface area contributed by atoms with Gasteiger partial charge >= 0.3 is 0 Å². The van der Waals surface area contributed by atoms with Crippen LogP contribution in [0.5, 0.6) is 0 Å². The second-order valence-corrected chi connectivity index (χ2v) is 8.26. The highest BCUT2D eigenvalue weighted by molar-refractivity contribution is 7.80. The molecule has 2 saturated carbocycles. The summed E-state index contributed by atoms with van der Waals surface area (Å²) in [5, 5.41) is 7.72. The maximum atomic E-state index is 13.3. The van der Waals surface area contributed by atoms with Crippen LogP contribution >= 0.6 is 12.2 Å². The summed E-state index contributed by atoms with van der Waals surface area (Å²) in [5.41, 5.74) is 1.11. The Kier molecular flexibility index (Phi) is 5.72. The topological polar surface area (TPSA) is 36.5 Å². The van der Waals surface area contributed by atoms with Gasteiger partial charge in [-0.05, 0) is 61.0 Å². The van der Waals surface area contributed by atoms with Gasteiger partial charge in [0.15, 0.2) is 5.11 Å². The van der Waals surface area contributed by atoms with Crippen molar-refractivity contribution in [1.82, 2.24) is 15.5 Å². The predicted molar refractivity (Wildman–Crippen MR) is 105 cm³/mol. The molecule has 1 aromatic rings. The third-order valence-corrected chi connectivity index (χ3v) is 6.51. The zero-order chi connectivity index (χ0) is 17.9. The molecule has 0 unspecified atom stereocenters. The SMILES string of the molecule is Fc1ccc([C@@H](CNC(=S)N[C@@H]2C[C@@H]3CC[C@@H]2C3)N2CCOCC2)cc1. The van der Waals surface area contributed by atoms with Crippen LogP contribution in [0.3, 0.4) is 0 Å².